The third-order valence-corrected chi connectivity index (χ3v) is 6.02. The zero-order chi connectivity index (χ0) is 20.7. The summed E-state index contributed by atoms with van der Waals surface area (Å²) in [4.78, 5) is 21.8. The number of piperazine rings is 1. The zero-order valence-electron chi connectivity index (χ0n) is 17.3. The monoisotopic (exact) mass is 400 g/mol. The first-order valence-corrected chi connectivity index (χ1v) is 10.3. The van der Waals surface area contributed by atoms with Gasteiger partial charge in [0, 0.05) is 37.0 Å². The summed E-state index contributed by atoms with van der Waals surface area (Å²) in [6.45, 7) is 7.02. The van der Waals surface area contributed by atoms with Gasteiger partial charge in [-0.15, -0.1) is 0 Å². The van der Waals surface area contributed by atoms with Gasteiger partial charge in [0.05, 0.1) is 11.9 Å². The Labute approximate surface area is 175 Å². The highest BCUT2D eigenvalue weighted by molar-refractivity contribution is 5.87. The van der Waals surface area contributed by atoms with E-state index in [1.807, 2.05) is 36.1 Å². The van der Waals surface area contributed by atoms with E-state index in [2.05, 4.69) is 41.2 Å². The first-order chi connectivity index (χ1) is 14.6. The van der Waals surface area contributed by atoms with E-state index in [4.69, 9.17) is 9.51 Å². The summed E-state index contributed by atoms with van der Waals surface area (Å²) in [6, 6.07) is 16.3. The number of carbonyl (C=O) groups is 1. The first kappa shape index (κ1) is 18.6. The smallest absolute Gasteiger partial charge is 0.228 e. The maximum absolute atomic E-state index is 12.9. The fourth-order valence-corrected chi connectivity index (χ4v) is 4.04. The quantitative estimate of drug-likeness (QED) is 0.522. The molecule has 152 valence electrons. The molecule has 6 nitrogen and oxygen atoms in total. The van der Waals surface area contributed by atoms with Crippen LogP contribution in [0, 0.1) is 13.8 Å². The summed E-state index contributed by atoms with van der Waals surface area (Å²) >= 11 is 0. The highest BCUT2D eigenvalue weighted by Gasteiger charge is 2.24. The number of aromatic nitrogens is 2. The van der Waals surface area contributed by atoms with E-state index in [-0.39, 0.29) is 12.3 Å². The number of aryl methyl sites for hydroxylation is 2. The molecule has 0 radical (unpaired) electrons. The summed E-state index contributed by atoms with van der Waals surface area (Å²) in [5, 5.41) is 6.24. The van der Waals surface area contributed by atoms with Gasteiger partial charge in [-0.2, -0.15) is 0 Å². The van der Waals surface area contributed by atoms with Gasteiger partial charge in [-0.25, -0.2) is 4.98 Å². The molecule has 2 aromatic carbocycles. The van der Waals surface area contributed by atoms with E-state index in [1.54, 1.807) is 0 Å². The second kappa shape index (κ2) is 7.44. The van der Waals surface area contributed by atoms with Crippen LogP contribution in [-0.2, 0) is 11.2 Å². The molecule has 2 aromatic heterocycles. The second-order valence-electron chi connectivity index (χ2n) is 7.97. The first-order valence-electron chi connectivity index (χ1n) is 10.3. The van der Waals surface area contributed by atoms with Crippen molar-refractivity contribution in [3.05, 3.63) is 65.4 Å². The molecule has 0 atom stereocenters. The van der Waals surface area contributed by atoms with Crippen molar-refractivity contribution in [1.82, 2.24) is 15.0 Å². The van der Waals surface area contributed by atoms with Crippen molar-refractivity contribution in [2.75, 3.05) is 31.1 Å². The number of para-hydroxylation sites is 1. The van der Waals surface area contributed by atoms with Gasteiger partial charge in [-0.1, -0.05) is 23.4 Å². The Morgan fingerprint density at radius 3 is 2.60 bits per heavy atom. The van der Waals surface area contributed by atoms with Crippen LogP contribution in [-0.4, -0.2) is 47.1 Å². The predicted molar refractivity (Wildman–Crippen MR) is 118 cm³/mol. The Bertz CT molecular complexity index is 1240. The molecule has 0 N–H and O–H groups in total. The maximum Gasteiger partial charge on any atom is 0.228 e. The number of hydrogen-bond acceptors (Lipinski definition) is 5. The van der Waals surface area contributed by atoms with Crippen molar-refractivity contribution >= 4 is 33.6 Å². The van der Waals surface area contributed by atoms with Crippen LogP contribution >= 0.6 is 0 Å². The lowest BCUT2D eigenvalue weighted by atomic mass is 10.1. The van der Waals surface area contributed by atoms with E-state index in [1.165, 1.54) is 5.56 Å². The number of pyridine rings is 1. The van der Waals surface area contributed by atoms with Gasteiger partial charge in [-0.3, -0.25) is 4.79 Å². The summed E-state index contributed by atoms with van der Waals surface area (Å²) < 4.78 is 5.45. The van der Waals surface area contributed by atoms with E-state index < -0.39 is 0 Å². The number of fused-ring (bicyclic) bond motifs is 2. The Hall–Kier alpha value is -3.41. The molecule has 6 heteroatoms. The molecule has 4 aromatic rings. The molecular weight excluding hydrogens is 376 g/mol. The topological polar surface area (TPSA) is 62.5 Å². The van der Waals surface area contributed by atoms with E-state index in [0.29, 0.717) is 13.1 Å². The van der Waals surface area contributed by atoms with E-state index in [0.717, 1.165) is 52.0 Å². The van der Waals surface area contributed by atoms with Gasteiger partial charge in [0.2, 0.25) is 5.91 Å². The molecule has 1 saturated heterocycles. The van der Waals surface area contributed by atoms with Crippen LogP contribution in [0.5, 0.6) is 0 Å². The van der Waals surface area contributed by atoms with Gasteiger partial charge in [-0.05, 0) is 55.3 Å². The van der Waals surface area contributed by atoms with E-state index >= 15 is 0 Å². The van der Waals surface area contributed by atoms with Crippen molar-refractivity contribution in [3.63, 3.8) is 0 Å². The zero-order valence-corrected chi connectivity index (χ0v) is 17.3. The largest absolute Gasteiger partial charge is 0.356 e. The molecular formula is C24H24N4O2. The van der Waals surface area contributed by atoms with Gasteiger partial charge < -0.3 is 14.3 Å². The fraction of sp³-hybridized carbons (Fsp3) is 0.292. The van der Waals surface area contributed by atoms with Crippen molar-refractivity contribution < 1.29 is 9.32 Å². The number of rotatable bonds is 3. The molecule has 30 heavy (non-hydrogen) atoms. The molecule has 3 heterocycles. The summed E-state index contributed by atoms with van der Waals surface area (Å²) in [6.07, 6.45) is 0.268. The minimum absolute atomic E-state index is 0.0922. The molecule has 1 fully saturated rings. The van der Waals surface area contributed by atoms with Crippen LogP contribution < -0.4 is 4.90 Å². The maximum atomic E-state index is 12.9. The minimum Gasteiger partial charge on any atom is -0.356 e. The van der Waals surface area contributed by atoms with Crippen molar-refractivity contribution in [2.45, 2.75) is 20.3 Å². The fourth-order valence-electron chi connectivity index (χ4n) is 4.04. The number of carbonyl (C=O) groups excluding carboxylic acids is 1. The van der Waals surface area contributed by atoms with Crippen LogP contribution in [0.25, 0.3) is 21.9 Å². The summed E-state index contributed by atoms with van der Waals surface area (Å²) in [7, 11) is 0. The number of anilines is 1. The molecule has 0 spiro atoms. The van der Waals surface area contributed by atoms with Crippen LogP contribution in [0.3, 0.4) is 0 Å². The van der Waals surface area contributed by atoms with Crippen LogP contribution in [0.4, 0.5) is 5.82 Å². The number of hydrogen-bond donors (Lipinski definition) is 0. The lowest BCUT2D eigenvalue weighted by Gasteiger charge is -2.35. The van der Waals surface area contributed by atoms with Crippen LogP contribution in [0.2, 0.25) is 0 Å². The minimum atomic E-state index is 0.0922. The van der Waals surface area contributed by atoms with E-state index in [9.17, 15) is 4.79 Å². The van der Waals surface area contributed by atoms with Gasteiger partial charge in [0.1, 0.15) is 11.5 Å². The standard InChI is InChI=1S/C24H24N4O2/c1-16-13-19-21(26-30-22(19)14-17(16)2)15-24(29)28-11-9-27(10-12-28)23-8-7-18-5-3-4-6-20(18)25-23/h3-8,13-14H,9-12,15H2,1-2H3. The van der Waals surface area contributed by atoms with Crippen molar-refractivity contribution in [2.24, 2.45) is 0 Å². The van der Waals surface area contributed by atoms with Crippen LogP contribution in [0.1, 0.15) is 16.8 Å². The highest BCUT2D eigenvalue weighted by Crippen LogP contribution is 2.24. The Morgan fingerprint density at radius 2 is 1.77 bits per heavy atom. The van der Waals surface area contributed by atoms with Gasteiger partial charge >= 0.3 is 0 Å². The lowest BCUT2D eigenvalue weighted by Crippen LogP contribution is -2.49. The SMILES string of the molecule is Cc1cc2onc(CC(=O)N3CCN(c4ccc5ccccc5n4)CC3)c2cc1C. The number of benzene rings is 2. The van der Waals surface area contributed by atoms with Crippen molar-refractivity contribution in [1.29, 1.82) is 0 Å². The molecule has 0 aliphatic carbocycles. The Kier molecular flexibility index (Phi) is 4.62. The molecule has 1 amide bonds. The predicted octanol–water partition coefficient (Wildman–Crippen LogP) is 3.88. The normalized spacial score (nSPS) is 14.6. The van der Waals surface area contributed by atoms with Crippen LogP contribution in [0.15, 0.2) is 53.1 Å². The number of nitrogens with zero attached hydrogens (tertiary/aromatic N) is 4. The lowest BCUT2D eigenvalue weighted by molar-refractivity contribution is -0.130. The summed E-state index contributed by atoms with van der Waals surface area (Å²) in [5.74, 6) is 1.06. The molecule has 0 bridgehead atoms. The molecule has 5 rings (SSSR count). The number of amides is 1. The molecule has 1 aliphatic heterocycles. The van der Waals surface area contributed by atoms with Crippen molar-refractivity contribution in [3.8, 4) is 0 Å². The van der Waals surface area contributed by atoms with Gasteiger partial charge in [0.25, 0.3) is 0 Å². The molecule has 1 aliphatic rings. The second-order valence-corrected chi connectivity index (χ2v) is 7.97. The highest BCUT2D eigenvalue weighted by atomic mass is 16.5. The molecule has 0 saturated carbocycles. The molecule has 0 unspecified atom stereocenters. The average Bonchev–Trinajstić information content (AvgIpc) is 3.15. The third-order valence-electron chi connectivity index (χ3n) is 6.02. The Balaban J connectivity index is 1.26. The summed E-state index contributed by atoms with van der Waals surface area (Å²) in [5.41, 5.74) is 4.80. The third kappa shape index (κ3) is 3.38. The average molecular weight is 400 g/mol. The van der Waals surface area contributed by atoms with Gasteiger partial charge in [0.15, 0.2) is 5.58 Å². The Morgan fingerprint density at radius 1 is 1.00 bits per heavy atom.